The second-order valence-electron chi connectivity index (χ2n) is 6.62. The maximum absolute atomic E-state index is 13.4. The van der Waals surface area contributed by atoms with Crippen molar-refractivity contribution < 1.29 is 23.5 Å². The van der Waals surface area contributed by atoms with Crippen molar-refractivity contribution in [2.75, 3.05) is 19.0 Å². The number of nitrogens with zero attached hydrogens (tertiary/aromatic N) is 1. The van der Waals surface area contributed by atoms with Crippen molar-refractivity contribution in [1.29, 1.82) is 0 Å². The minimum absolute atomic E-state index is 0.0238. The normalized spacial score (nSPS) is 10.5. The van der Waals surface area contributed by atoms with Crippen LogP contribution in [0, 0.1) is 12.7 Å². The van der Waals surface area contributed by atoms with Gasteiger partial charge in [-0.3, -0.25) is 4.79 Å². The van der Waals surface area contributed by atoms with Gasteiger partial charge in [0.2, 0.25) is 5.91 Å². The number of methoxy groups -OCH3 is 1. The van der Waals surface area contributed by atoms with Gasteiger partial charge in [0.25, 0.3) is 0 Å². The second-order valence-corrected chi connectivity index (χ2v) is 6.62. The molecule has 1 amide bonds. The lowest BCUT2D eigenvalue weighted by Gasteiger charge is -2.13. The van der Waals surface area contributed by atoms with Crippen LogP contribution >= 0.6 is 0 Å². The molecular formula is C23H23FN2O4. The molecule has 1 heterocycles. The van der Waals surface area contributed by atoms with E-state index >= 15 is 0 Å². The van der Waals surface area contributed by atoms with Crippen LogP contribution in [0.5, 0.6) is 5.75 Å². The van der Waals surface area contributed by atoms with Gasteiger partial charge in [0.1, 0.15) is 18.1 Å². The summed E-state index contributed by atoms with van der Waals surface area (Å²) in [7, 11) is 1.57. The average Bonchev–Trinajstić information content (AvgIpc) is 3.05. The molecule has 0 aliphatic heterocycles. The van der Waals surface area contributed by atoms with Crippen molar-refractivity contribution in [3.05, 3.63) is 71.7 Å². The van der Waals surface area contributed by atoms with E-state index in [4.69, 9.17) is 9.47 Å². The molecule has 0 unspecified atom stereocenters. The fourth-order valence-corrected chi connectivity index (χ4v) is 3.14. The van der Waals surface area contributed by atoms with Gasteiger partial charge in [-0.05, 0) is 74.0 Å². The first-order valence-electron chi connectivity index (χ1n) is 9.50. The molecule has 0 saturated heterocycles. The predicted molar refractivity (Wildman–Crippen MR) is 112 cm³/mol. The van der Waals surface area contributed by atoms with E-state index in [0.717, 1.165) is 0 Å². The molecule has 0 aliphatic rings. The van der Waals surface area contributed by atoms with Crippen molar-refractivity contribution in [3.63, 3.8) is 0 Å². The zero-order valence-corrected chi connectivity index (χ0v) is 17.1. The Kier molecular flexibility index (Phi) is 6.51. The Bertz CT molecular complexity index is 1040. The van der Waals surface area contributed by atoms with Crippen LogP contribution in [-0.2, 0) is 16.1 Å². The highest BCUT2D eigenvalue weighted by Crippen LogP contribution is 2.27. The van der Waals surface area contributed by atoms with Crippen molar-refractivity contribution in [2.45, 2.75) is 20.4 Å². The highest BCUT2D eigenvalue weighted by molar-refractivity contribution is 5.94. The molecule has 0 fully saturated rings. The highest BCUT2D eigenvalue weighted by atomic mass is 19.1. The molecule has 30 heavy (non-hydrogen) atoms. The fourth-order valence-electron chi connectivity index (χ4n) is 3.14. The monoisotopic (exact) mass is 410 g/mol. The van der Waals surface area contributed by atoms with E-state index in [9.17, 15) is 14.0 Å². The predicted octanol–water partition coefficient (Wildman–Crippen LogP) is 4.43. The van der Waals surface area contributed by atoms with Crippen LogP contribution in [0.1, 0.15) is 23.0 Å². The van der Waals surface area contributed by atoms with Gasteiger partial charge < -0.3 is 19.4 Å². The Balaban J connectivity index is 1.91. The standard InChI is InChI=1S/C23H23FN2O4/c1-4-30-23(28)20-13-21(16-5-7-17(24)8-6-16)26(15(20)2)14-22(27)25-18-9-11-19(29-3)12-10-18/h5-13H,4,14H2,1-3H3,(H,25,27). The van der Waals surface area contributed by atoms with Crippen LogP contribution in [0.3, 0.4) is 0 Å². The minimum atomic E-state index is -0.465. The fraction of sp³-hybridized carbons (Fsp3) is 0.217. The zero-order valence-electron chi connectivity index (χ0n) is 17.1. The topological polar surface area (TPSA) is 69.6 Å². The van der Waals surface area contributed by atoms with Crippen LogP contribution in [0.4, 0.5) is 10.1 Å². The molecule has 7 heteroatoms. The number of aromatic nitrogens is 1. The summed E-state index contributed by atoms with van der Waals surface area (Å²) in [6, 6.07) is 14.5. The molecule has 1 aromatic heterocycles. The number of hydrogen-bond acceptors (Lipinski definition) is 4. The zero-order chi connectivity index (χ0) is 21.7. The van der Waals surface area contributed by atoms with E-state index in [-0.39, 0.29) is 24.9 Å². The van der Waals surface area contributed by atoms with Gasteiger partial charge in [-0.15, -0.1) is 0 Å². The Morgan fingerprint density at radius 2 is 1.73 bits per heavy atom. The molecule has 0 saturated carbocycles. The Morgan fingerprint density at radius 3 is 2.33 bits per heavy atom. The molecule has 3 rings (SSSR count). The number of esters is 1. The van der Waals surface area contributed by atoms with E-state index in [2.05, 4.69) is 5.32 Å². The SMILES string of the molecule is CCOC(=O)c1cc(-c2ccc(F)cc2)n(CC(=O)Nc2ccc(OC)cc2)c1C. The summed E-state index contributed by atoms with van der Waals surface area (Å²) in [6.45, 7) is 3.70. The van der Waals surface area contributed by atoms with Crippen molar-refractivity contribution in [2.24, 2.45) is 0 Å². The number of carbonyl (C=O) groups excluding carboxylic acids is 2. The summed E-state index contributed by atoms with van der Waals surface area (Å²) in [5, 5.41) is 2.83. The molecule has 0 atom stereocenters. The quantitative estimate of drug-likeness (QED) is 0.585. The highest BCUT2D eigenvalue weighted by Gasteiger charge is 2.21. The van der Waals surface area contributed by atoms with Gasteiger partial charge in [-0.1, -0.05) is 0 Å². The average molecular weight is 410 g/mol. The van der Waals surface area contributed by atoms with Crippen molar-refractivity contribution >= 4 is 17.6 Å². The molecule has 3 aromatic rings. The first-order valence-corrected chi connectivity index (χ1v) is 9.50. The van der Waals surface area contributed by atoms with Gasteiger partial charge in [0, 0.05) is 17.1 Å². The third kappa shape index (κ3) is 4.68. The lowest BCUT2D eigenvalue weighted by Crippen LogP contribution is -2.20. The van der Waals surface area contributed by atoms with Gasteiger partial charge >= 0.3 is 5.97 Å². The smallest absolute Gasteiger partial charge is 0.339 e. The number of hydrogen-bond donors (Lipinski definition) is 1. The summed E-state index contributed by atoms with van der Waals surface area (Å²) in [5.74, 6) is -0.409. The summed E-state index contributed by atoms with van der Waals surface area (Å²) in [6.07, 6.45) is 0. The molecular weight excluding hydrogens is 387 g/mol. The molecule has 0 bridgehead atoms. The maximum Gasteiger partial charge on any atom is 0.339 e. The molecule has 156 valence electrons. The third-order valence-electron chi connectivity index (χ3n) is 4.68. The van der Waals surface area contributed by atoms with Crippen LogP contribution in [-0.4, -0.2) is 30.2 Å². The Hall–Kier alpha value is -3.61. The molecule has 0 spiro atoms. The molecule has 0 radical (unpaired) electrons. The molecule has 0 aliphatic carbocycles. The lowest BCUT2D eigenvalue weighted by molar-refractivity contribution is -0.116. The Morgan fingerprint density at radius 1 is 1.07 bits per heavy atom. The van der Waals surface area contributed by atoms with Crippen LogP contribution in [0.15, 0.2) is 54.6 Å². The number of carbonyl (C=O) groups is 2. The summed E-state index contributed by atoms with van der Waals surface area (Å²) in [5.41, 5.74) is 2.90. The van der Waals surface area contributed by atoms with Crippen LogP contribution in [0.25, 0.3) is 11.3 Å². The molecule has 2 aromatic carbocycles. The second kappa shape index (κ2) is 9.26. The van der Waals surface area contributed by atoms with Crippen LogP contribution < -0.4 is 10.1 Å². The number of anilines is 1. The summed E-state index contributed by atoms with van der Waals surface area (Å²) in [4.78, 5) is 25.0. The molecule has 6 nitrogen and oxygen atoms in total. The summed E-state index contributed by atoms with van der Waals surface area (Å²) >= 11 is 0. The van der Waals surface area contributed by atoms with E-state index < -0.39 is 5.97 Å². The van der Waals surface area contributed by atoms with Crippen LogP contribution in [0.2, 0.25) is 0 Å². The summed E-state index contributed by atoms with van der Waals surface area (Å²) < 4.78 is 25.3. The number of halogens is 1. The molecule has 1 N–H and O–H groups in total. The number of benzene rings is 2. The minimum Gasteiger partial charge on any atom is -0.497 e. The van der Waals surface area contributed by atoms with Gasteiger partial charge in [0.05, 0.1) is 19.3 Å². The van der Waals surface area contributed by atoms with E-state index in [0.29, 0.717) is 34.0 Å². The van der Waals surface area contributed by atoms with E-state index in [1.807, 2.05) is 0 Å². The number of ether oxygens (including phenoxy) is 2. The van der Waals surface area contributed by atoms with Gasteiger partial charge in [0.15, 0.2) is 0 Å². The maximum atomic E-state index is 13.4. The number of rotatable bonds is 7. The number of nitrogens with one attached hydrogen (secondary N) is 1. The van der Waals surface area contributed by atoms with Gasteiger partial charge in [-0.25, -0.2) is 9.18 Å². The van der Waals surface area contributed by atoms with Crippen molar-refractivity contribution in [1.82, 2.24) is 4.57 Å². The third-order valence-corrected chi connectivity index (χ3v) is 4.68. The van der Waals surface area contributed by atoms with Crippen molar-refractivity contribution in [3.8, 4) is 17.0 Å². The largest absolute Gasteiger partial charge is 0.497 e. The first-order chi connectivity index (χ1) is 14.4. The van der Waals surface area contributed by atoms with E-state index in [1.165, 1.54) is 12.1 Å². The number of amides is 1. The first kappa shape index (κ1) is 21.1. The van der Waals surface area contributed by atoms with Gasteiger partial charge in [-0.2, -0.15) is 0 Å². The Labute approximate surface area is 174 Å². The lowest BCUT2D eigenvalue weighted by atomic mass is 10.1. The van der Waals surface area contributed by atoms with E-state index in [1.54, 1.807) is 68.0 Å².